The fourth-order valence-corrected chi connectivity index (χ4v) is 3.38. The van der Waals surface area contributed by atoms with Crippen molar-refractivity contribution in [1.29, 1.82) is 0 Å². The fraction of sp³-hybridized carbons (Fsp3) is 0.700. The number of rotatable bonds is 6. The first-order valence-corrected chi connectivity index (χ1v) is 9.50. The Morgan fingerprint density at radius 2 is 1.93 bits per heavy atom. The number of hydrogen-bond acceptors (Lipinski definition) is 5. The molecule has 8 nitrogen and oxygen atoms in total. The molecule has 2 fully saturated rings. The summed E-state index contributed by atoms with van der Waals surface area (Å²) in [6.45, 7) is 13.6. The van der Waals surface area contributed by atoms with Gasteiger partial charge in [-0.25, -0.2) is 0 Å². The second-order valence-corrected chi connectivity index (χ2v) is 9.07. The zero-order chi connectivity index (χ0) is 21.3. The van der Waals surface area contributed by atoms with E-state index >= 15 is 0 Å². The first kappa shape index (κ1) is 22.1. The van der Waals surface area contributed by atoms with Crippen molar-refractivity contribution in [3.8, 4) is 0 Å². The molecular weight excluding hydrogens is 362 g/mol. The minimum Gasteiger partial charge on any atom is -0.370 e. The SMILES string of the molecule is C=CC(C)(C)C(=O)N1CCOC(C)(CNC(=O)CN2C(=O)CC(C)(C)C2=O)C1. The predicted molar refractivity (Wildman–Crippen MR) is 103 cm³/mol. The molecule has 0 spiro atoms. The molecular formula is C20H31N3O5. The molecule has 8 heteroatoms. The van der Waals surface area contributed by atoms with Gasteiger partial charge in [0.25, 0.3) is 0 Å². The van der Waals surface area contributed by atoms with Crippen molar-refractivity contribution in [2.24, 2.45) is 10.8 Å². The van der Waals surface area contributed by atoms with E-state index in [9.17, 15) is 19.2 Å². The van der Waals surface area contributed by atoms with Gasteiger partial charge >= 0.3 is 0 Å². The van der Waals surface area contributed by atoms with E-state index in [1.165, 1.54) is 0 Å². The normalized spacial score (nSPS) is 25.0. The molecule has 1 N–H and O–H groups in total. The lowest BCUT2D eigenvalue weighted by Crippen LogP contribution is -2.59. The molecule has 156 valence electrons. The number of imide groups is 1. The van der Waals surface area contributed by atoms with Crippen LogP contribution in [0.4, 0.5) is 0 Å². The first-order valence-electron chi connectivity index (χ1n) is 9.50. The summed E-state index contributed by atoms with van der Waals surface area (Å²) in [7, 11) is 0. The highest BCUT2D eigenvalue weighted by Crippen LogP contribution is 2.31. The van der Waals surface area contributed by atoms with Crippen LogP contribution in [-0.4, -0.2) is 71.8 Å². The van der Waals surface area contributed by atoms with Gasteiger partial charge in [-0.15, -0.1) is 6.58 Å². The average molecular weight is 393 g/mol. The standard InChI is InChI=1S/C20H31N3O5/c1-7-18(2,3)16(26)22-8-9-28-20(6,13-22)12-21-14(24)11-23-15(25)10-19(4,5)17(23)27/h7H,1,8-13H2,2-6H3,(H,21,24). The topological polar surface area (TPSA) is 96.0 Å². The van der Waals surface area contributed by atoms with Gasteiger partial charge in [0.2, 0.25) is 23.6 Å². The van der Waals surface area contributed by atoms with Gasteiger partial charge in [-0.05, 0) is 20.8 Å². The Morgan fingerprint density at radius 1 is 1.29 bits per heavy atom. The van der Waals surface area contributed by atoms with Crippen molar-refractivity contribution in [3.63, 3.8) is 0 Å². The summed E-state index contributed by atoms with van der Waals surface area (Å²) in [4.78, 5) is 51.9. The second kappa shape index (κ2) is 7.66. The van der Waals surface area contributed by atoms with Gasteiger partial charge < -0.3 is 15.0 Å². The number of amides is 4. The lowest BCUT2D eigenvalue weighted by Gasteiger charge is -2.42. The van der Waals surface area contributed by atoms with Crippen LogP contribution >= 0.6 is 0 Å². The molecule has 0 aromatic heterocycles. The van der Waals surface area contributed by atoms with E-state index in [1.807, 2.05) is 20.8 Å². The van der Waals surface area contributed by atoms with Crippen LogP contribution in [0.2, 0.25) is 0 Å². The van der Waals surface area contributed by atoms with Gasteiger partial charge in [-0.3, -0.25) is 24.1 Å². The van der Waals surface area contributed by atoms with Crippen molar-refractivity contribution >= 4 is 23.6 Å². The Labute approximate surface area is 166 Å². The number of nitrogens with one attached hydrogen (secondary N) is 1. The zero-order valence-corrected chi connectivity index (χ0v) is 17.5. The Morgan fingerprint density at radius 3 is 2.46 bits per heavy atom. The molecule has 0 saturated carbocycles. The van der Waals surface area contributed by atoms with Crippen LogP contribution < -0.4 is 5.32 Å². The highest BCUT2D eigenvalue weighted by molar-refractivity contribution is 6.07. The lowest BCUT2D eigenvalue weighted by atomic mass is 9.90. The number of ether oxygens (including phenoxy) is 1. The Bertz CT molecular complexity index is 700. The summed E-state index contributed by atoms with van der Waals surface area (Å²) in [5, 5.41) is 2.73. The number of morpholine rings is 1. The van der Waals surface area contributed by atoms with Crippen molar-refractivity contribution in [2.75, 3.05) is 32.8 Å². The van der Waals surface area contributed by atoms with Crippen LogP contribution in [0.25, 0.3) is 0 Å². The van der Waals surface area contributed by atoms with E-state index in [2.05, 4.69) is 11.9 Å². The molecule has 0 bridgehead atoms. The van der Waals surface area contributed by atoms with Gasteiger partial charge in [0.05, 0.1) is 24.0 Å². The largest absolute Gasteiger partial charge is 0.370 e. The van der Waals surface area contributed by atoms with Crippen LogP contribution in [0.1, 0.15) is 41.0 Å². The van der Waals surface area contributed by atoms with Crippen LogP contribution in [0, 0.1) is 10.8 Å². The third-order valence-corrected chi connectivity index (χ3v) is 5.37. The first-order chi connectivity index (χ1) is 12.8. The maximum atomic E-state index is 12.7. The van der Waals surface area contributed by atoms with Crippen LogP contribution in [0.5, 0.6) is 0 Å². The number of nitrogens with zero attached hydrogens (tertiary/aromatic N) is 2. The quantitative estimate of drug-likeness (QED) is 0.530. The molecule has 0 radical (unpaired) electrons. The maximum Gasteiger partial charge on any atom is 0.240 e. The van der Waals surface area contributed by atoms with Crippen molar-refractivity contribution in [2.45, 2.75) is 46.6 Å². The van der Waals surface area contributed by atoms with E-state index in [4.69, 9.17) is 4.74 Å². The molecule has 2 rings (SSSR count). The molecule has 28 heavy (non-hydrogen) atoms. The Balaban J connectivity index is 1.93. The number of hydrogen-bond donors (Lipinski definition) is 1. The highest BCUT2D eigenvalue weighted by atomic mass is 16.5. The number of carbonyl (C=O) groups excluding carboxylic acids is 4. The van der Waals surface area contributed by atoms with Gasteiger partial charge in [0.15, 0.2) is 0 Å². The third kappa shape index (κ3) is 4.60. The van der Waals surface area contributed by atoms with Gasteiger partial charge in [0, 0.05) is 19.5 Å². The van der Waals surface area contributed by atoms with Crippen molar-refractivity contribution in [1.82, 2.24) is 15.1 Å². The van der Waals surface area contributed by atoms with Crippen LogP contribution in [-0.2, 0) is 23.9 Å². The minimum atomic E-state index is -0.769. The maximum absolute atomic E-state index is 12.7. The Hall–Kier alpha value is -2.22. The molecule has 0 aromatic carbocycles. The van der Waals surface area contributed by atoms with Crippen LogP contribution in [0.15, 0.2) is 12.7 Å². The number of carbonyl (C=O) groups is 4. The second-order valence-electron chi connectivity index (χ2n) is 9.07. The van der Waals surface area contributed by atoms with Crippen LogP contribution in [0.3, 0.4) is 0 Å². The summed E-state index contributed by atoms with van der Waals surface area (Å²) in [6, 6.07) is 0. The molecule has 2 aliphatic rings. The molecule has 2 heterocycles. The molecule has 0 aromatic rings. The monoisotopic (exact) mass is 393 g/mol. The molecule has 2 aliphatic heterocycles. The van der Waals surface area contributed by atoms with E-state index in [0.29, 0.717) is 19.7 Å². The lowest BCUT2D eigenvalue weighted by molar-refractivity contribution is -0.155. The minimum absolute atomic E-state index is 0.0427. The molecule has 1 unspecified atom stereocenters. The summed E-state index contributed by atoms with van der Waals surface area (Å²) >= 11 is 0. The number of likely N-dealkylation sites (tertiary alicyclic amines) is 1. The summed E-state index contributed by atoms with van der Waals surface area (Å²) < 4.78 is 5.81. The van der Waals surface area contributed by atoms with Gasteiger partial charge in [-0.1, -0.05) is 19.9 Å². The predicted octanol–water partition coefficient (Wildman–Crippen LogP) is 0.717. The molecule has 2 saturated heterocycles. The van der Waals surface area contributed by atoms with E-state index in [0.717, 1.165) is 4.90 Å². The zero-order valence-electron chi connectivity index (χ0n) is 17.5. The molecule has 0 aliphatic carbocycles. The van der Waals surface area contributed by atoms with E-state index in [1.54, 1.807) is 24.8 Å². The van der Waals surface area contributed by atoms with E-state index in [-0.39, 0.29) is 37.2 Å². The smallest absolute Gasteiger partial charge is 0.240 e. The summed E-state index contributed by atoms with van der Waals surface area (Å²) in [5.74, 6) is -1.15. The van der Waals surface area contributed by atoms with Crippen molar-refractivity contribution in [3.05, 3.63) is 12.7 Å². The van der Waals surface area contributed by atoms with Gasteiger partial charge in [-0.2, -0.15) is 0 Å². The average Bonchev–Trinajstić information content (AvgIpc) is 2.81. The molecule has 4 amide bonds. The third-order valence-electron chi connectivity index (χ3n) is 5.37. The Kier molecular flexibility index (Phi) is 6.04. The van der Waals surface area contributed by atoms with Gasteiger partial charge in [0.1, 0.15) is 12.1 Å². The summed E-state index contributed by atoms with van der Waals surface area (Å²) in [5.41, 5.74) is -2.20. The summed E-state index contributed by atoms with van der Waals surface area (Å²) in [6.07, 6.45) is 1.73. The van der Waals surface area contributed by atoms with Crippen molar-refractivity contribution < 1.29 is 23.9 Å². The highest BCUT2D eigenvalue weighted by Gasteiger charge is 2.45. The fourth-order valence-electron chi connectivity index (χ4n) is 3.38. The van der Waals surface area contributed by atoms with E-state index < -0.39 is 22.3 Å². The molecule has 1 atom stereocenters.